The molecule has 2 heterocycles. The maximum atomic E-state index is 13.4. The number of carbonyl (C=O) groups excluding carboxylic acids is 2. The first-order chi connectivity index (χ1) is 18.5. The quantitative estimate of drug-likeness (QED) is 0.169. The number of Topliss-reactive ketones (excluding diaryl/α,β-unsaturated/α-hetero) is 1. The molecule has 0 radical (unpaired) electrons. The molecule has 0 unspecified atom stereocenters. The van der Waals surface area contributed by atoms with Crippen molar-refractivity contribution in [2.75, 3.05) is 13.2 Å². The molecule has 1 amide bonds. The number of nitrogens with zero attached hydrogens (tertiary/aromatic N) is 1. The van der Waals surface area contributed by atoms with Crippen LogP contribution in [0.3, 0.4) is 0 Å². The lowest BCUT2D eigenvalue weighted by Crippen LogP contribution is -2.31. The summed E-state index contributed by atoms with van der Waals surface area (Å²) in [6.07, 6.45) is 3.39. The molecule has 6 heteroatoms. The highest BCUT2D eigenvalue weighted by Gasteiger charge is 2.46. The highest BCUT2D eigenvalue weighted by Crippen LogP contribution is 2.41. The molecule has 0 bridgehead atoms. The predicted molar refractivity (Wildman–Crippen MR) is 146 cm³/mol. The predicted octanol–water partition coefficient (Wildman–Crippen LogP) is 5.85. The van der Waals surface area contributed by atoms with E-state index < -0.39 is 17.7 Å². The second-order valence-corrected chi connectivity index (χ2v) is 9.95. The number of carbonyl (C=O) groups is 2. The summed E-state index contributed by atoms with van der Waals surface area (Å²) in [5.41, 5.74) is 3.41. The summed E-state index contributed by atoms with van der Waals surface area (Å²) in [6.45, 7) is 5.08. The summed E-state index contributed by atoms with van der Waals surface area (Å²) >= 11 is 0. The van der Waals surface area contributed by atoms with Gasteiger partial charge in [0.05, 0.1) is 18.2 Å². The molecule has 3 aromatic carbocycles. The summed E-state index contributed by atoms with van der Waals surface area (Å²) in [6, 6.07) is 22.0. The molecule has 0 saturated carbocycles. The van der Waals surface area contributed by atoms with Gasteiger partial charge in [0.15, 0.2) is 0 Å². The first kappa shape index (κ1) is 25.6. The number of benzene rings is 3. The van der Waals surface area contributed by atoms with Gasteiger partial charge >= 0.3 is 0 Å². The number of fused-ring (bicyclic) bond motifs is 1. The van der Waals surface area contributed by atoms with Gasteiger partial charge in [-0.3, -0.25) is 9.59 Å². The molecule has 0 aliphatic carbocycles. The van der Waals surface area contributed by atoms with Gasteiger partial charge in [0, 0.05) is 18.5 Å². The van der Waals surface area contributed by atoms with Crippen LogP contribution >= 0.6 is 0 Å². The Labute approximate surface area is 223 Å². The number of ketones is 1. The van der Waals surface area contributed by atoms with Crippen LogP contribution in [0, 0.1) is 0 Å². The highest BCUT2D eigenvalue weighted by molar-refractivity contribution is 6.46. The van der Waals surface area contributed by atoms with Crippen molar-refractivity contribution in [3.63, 3.8) is 0 Å². The van der Waals surface area contributed by atoms with Gasteiger partial charge in [0.2, 0.25) is 0 Å². The van der Waals surface area contributed by atoms with Crippen LogP contribution < -0.4 is 9.47 Å². The number of aliphatic hydroxyl groups is 1. The van der Waals surface area contributed by atoms with E-state index in [1.54, 1.807) is 11.0 Å². The van der Waals surface area contributed by atoms with Crippen molar-refractivity contribution in [2.24, 2.45) is 0 Å². The summed E-state index contributed by atoms with van der Waals surface area (Å²) in [5, 5.41) is 11.5. The van der Waals surface area contributed by atoms with Crippen molar-refractivity contribution in [1.82, 2.24) is 4.90 Å². The van der Waals surface area contributed by atoms with Gasteiger partial charge in [0.25, 0.3) is 11.7 Å². The monoisotopic (exact) mass is 511 g/mol. The lowest BCUT2D eigenvalue weighted by molar-refractivity contribution is -0.139. The van der Waals surface area contributed by atoms with Gasteiger partial charge in [-0.1, -0.05) is 55.8 Å². The van der Waals surface area contributed by atoms with Crippen molar-refractivity contribution in [1.29, 1.82) is 0 Å². The van der Waals surface area contributed by atoms with Crippen LogP contribution in [0.1, 0.15) is 55.0 Å². The summed E-state index contributed by atoms with van der Waals surface area (Å²) in [7, 11) is 0. The standard InChI is InChI=1S/C32H33NO5/c1-3-4-18-37-26-13-10-23(11-14-26)29-28(30(34)24-12-15-27-25(20-24)19-21(2)38-27)31(35)32(36)33(29)17-16-22-8-6-5-7-9-22/h5-15,20-21,29,34H,3-4,16-19H2,1-2H3/b30-28+/t21-,29+/m1/s1. The Morgan fingerprint density at radius 2 is 1.82 bits per heavy atom. The zero-order valence-corrected chi connectivity index (χ0v) is 21.9. The second kappa shape index (κ2) is 11.1. The summed E-state index contributed by atoms with van der Waals surface area (Å²) < 4.78 is 11.6. The van der Waals surface area contributed by atoms with Crippen LogP contribution in [-0.2, 0) is 22.4 Å². The lowest BCUT2D eigenvalue weighted by atomic mass is 9.94. The lowest BCUT2D eigenvalue weighted by Gasteiger charge is -2.25. The SMILES string of the molecule is CCCCOc1ccc([C@H]2/C(=C(\O)c3ccc4c(c3)C[C@@H](C)O4)C(=O)C(=O)N2CCc2ccccc2)cc1. The molecular formula is C32H33NO5. The largest absolute Gasteiger partial charge is 0.507 e. The smallest absolute Gasteiger partial charge is 0.295 e. The normalized spacial score (nSPS) is 19.9. The number of unbranched alkanes of at least 4 members (excludes halogenated alkanes) is 1. The first-order valence-corrected chi connectivity index (χ1v) is 13.3. The number of hydrogen-bond donors (Lipinski definition) is 1. The minimum absolute atomic E-state index is 0.0593. The topological polar surface area (TPSA) is 76.1 Å². The van der Waals surface area contributed by atoms with E-state index in [2.05, 4.69) is 6.92 Å². The molecular weight excluding hydrogens is 478 g/mol. The fourth-order valence-electron chi connectivity index (χ4n) is 5.16. The molecule has 2 aliphatic rings. The van der Waals surface area contributed by atoms with Crippen LogP contribution in [0.25, 0.3) is 5.76 Å². The van der Waals surface area contributed by atoms with Crippen molar-refractivity contribution in [3.05, 3.63) is 101 Å². The van der Waals surface area contributed by atoms with E-state index in [4.69, 9.17) is 9.47 Å². The van der Waals surface area contributed by atoms with Gasteiger partial charge in [-0.15, -0.1) is 0 Å². The fourth-order valence-corrected chi connectivity index (χ4v) is 5.16. The molecule has 2 atom stereocenters. The number of likely N-dealkylation sites (tertiary alicyclic amines) is 1. The third-order valence-electron chi connectivity index (χ3n) is 7.16. The van der Waals surface area contributed by atoms with Crippen LogP contribution in [0.15, 0.2) is 78.4 Å². The van der Waals surface area contributed by atoms with Gasteiger partial charge in [0.1, 0.15) is 23.4 Å². The molecule has 6 nitrogen and oxygen atoms in total. The molecule has 38 heavy (non-hydrogen) atoms. The third-order valence-corrected chi connectivity index (χ3v) is 7.16. The number of amides is 1. The average molecular weight is 512 g/mol. The zero-order chi connectivity index (χ0) is 26.6. The van der Waals surface area contributed by atoms with Crippen molar-refractivity contribution in [3.8, 4) is 11.5 Å². The Hall–Kier alpha value is -4.06. The van der Waals surface area contributed by atoms with E-state index in [1.165, 1.54) is 0 Å². The van der Waals surface area contributed by atoms with Crippen LogP contribution in [0.2, 0.25) is 0 Å². The Balaban J connectivity index is 1.52. The van der Waals surface area contributed by atoms with Crippen molar-refractivity contribution < 1.29 is 24.2 Å². The van der Waals surface area contributed by atoms with Crippen LogP contribution in [0.4, 0.5) is 0 Å². The first-order valence-electron chi connectivity index (χ1n) is 13.3. The fraction of sp³-hybridized carbons (Fsp3) is 0.312. The molecule has 5 rings (SSSR count). The van der Waals surface area contributed by atoms with E-state index in [9.17, 15) is 14.7 Å². The number of hydrogen-bond acceptors (Lipinski definition) is 5. The third kappa shape index (κ3) is 5.17. The Morgan fingerprint density at radius 1 is 1.05 bits per heavy atom. The van der Waals surface area contributed by atoms with Gasteiger partial charge in [-0.05, 0) is 66.8 Å². The van der Waals surface area contributed by atoms with E-state index in [-0.39, 0.29) is 17.4 Å². The van der Waals surface area contributed by atoms with Gasteiger partial charge in [-0.2, -0.15) is 0 Å². The van der Waals surface area contributed by atoms with Crippen LogP contribution in [0.5, 0.6) is 11.5 Å². The number of aliphatic hydroxyl groups excluding tert-OH is 1. The average Bonchev–Trinajstić information content (AvgIpc) is 3.43. The second-order valence-electron chi connectivity index (χ2n) is 9.95. The maximum Gasteiger partial charge on any atom is 0.295 e. The zero-order valence-electron chi connectivity index (χ0n) is 21.9. The van der Waals surface area contributed by atoms with E-state index in [1.807, 2.05) is 73.7 Å². The van der Waals surface area contributed by atoms with Gasteiger partial charge in [-0.25, -0.2) is 0 Å². The minimum Gasteiger partial charge on any atom is -0.507 e. The Morgan fingerprint density at radius 3 is 2.55 bits per heavy atom. The van der Waals surface area contributed by atoms with Crippen LogP contribution in [-0.4, -0.2) is 41.0 Å². The summed E-state index contributed by atoms with van der Waals surface area (Å²) in [4.78, 5) is 28.3. The van der Waals surface area contributed by atoms with E-state index in [0.717, 1.165) is 47.5 Å². The molecule has 2 aliphatic heterocycles. The Bertz CT molecular complexity index is 1350. The minimum atomic E-state index is -0.702. The highest BCUT2D eigenvalue weighted by atomic mass is 16.5. The molecule has 1 saturated heterocycles. The molecule has 1 fully saturated rings. The molecule has 196 valence electrons. The maximum absolute atomic E-state index is 13.4. The van der Waals surface area contributed by atoms with Gasteiger partial charge < -0.3 is 19.5 Å². The molecule has 0 spiro atoms. The number of rotatable bonds is 9. The van der Waals surface area contributed by atoms with E-state index in [0.29, 0.717) is 25.1 Å². The number of ether oxygens (including phenoxy) is 2. The van der Waals surface area contributed by atoms with E-state index >= 15 is 0 Å². The molecule has 1 N–H and O–H groups in total. The molecule has 3 aromatic rings. The van der Waals surface area contributed by atoms with Crippen molar-refractivity contribution in [2.45, 2.75) is 51.7 Å². The summed E-state index contributed by atoms with van der Waals surface area (Å²) in [5.74, 6) is 0.0766. The molecule has 0 aromatic heterocycles. The van der Waals surface area contributed by atoms with Crippen molar-refractivity contribution >= 4 is 17.4 Å². The Kier molecular flexibility index (Phi) is 7.50.